The van der Waals surface area contributed by atoms with Crippen LogP contribution in [0.3, 0.4) is 0 Å². The molecule has 150 valence electrons. The number of hydrogen-bond donors (Lipinski definition) is 1. The number of hydrogen-bond acceptors (Lipinski definition) is 5. The van der Waals surface area contributed by atoms with Crippen molar-refractivity contribution in [3.05, 3.63) is 96.1 Å². The van der Waals surface area contributed by atoms with Crippen LogP contribution in [-0.2, 0) is 14.3 Å². The molecule has 0 bridgehead atoms. The van der Waals surface area contributed by atoms with Gasteiger partial charge in [0.25, 0.3) is 0 Å². The van der Waals surface area contributed by atoms with Gasteiger partial charge in [0.1, 0.15) is 0 Å². The van der Waals surface area contributed by atoms with Crippen LogP contribution < -0.4 is 5.32 Å². The number of Topliss-reactive ketones (excluding diaryl/α,β-unsaturated/α-hetero) is 1. The summed E-state index contributed by atoms with van der Waals surface area (Å²) >= 11 is 1.32. The molecule has 1 amide bonds. The van der Waals surface area contributed by atoms with Gasteiger partial charge < -0.3 is 10.1 Å². The molecular formula is C24H19NO4S. The van der Waals surface area contributed by atoms with Crippen LogP contribution in [-0.4, -0.2) is 22.9 Å². The van der Waals surface area contributed by atoms with Crippen molar-refractivity contribution in [2.24, 2.45) is 0 Å². The fraction of sp³-hybridized carbons (Fsp3) is 0.125. The third kappa shape index (κ3) is 4.44. The van der Waals surface area contributed by atoms with Gasteiger partial charge in [-0.3, -0.25) is 14.4 Å². The fourth-order valence-electron chi connectivity index (χ4n) is 3.21. The minimum absolute atomic E-state index is 0.129. The van der Waals surface area contributed by atoms with E-state index < -0.39 is 17.3 Å². The molecule has 30 heavy (non-hydrogen) atoms. The van der Waals surface area contributed by atoms with E-state index in [9.17, 15) is 14.4 Å². The Kier molecular flexibility index (Phi) is 5.95. The lowest BCUT2D eigenvalue weighted by atomic mass is 10.00. The van der Waals surface area contributed by atoms with Gasteiger partial charge in [-0.25, -0.2) is 0 Å². The molecule has 4 rings (SSSR count). The van der Waals surface area contributed by atoms with E-state index in [2.05, 4.69) is 5.32 Å². The molecule has 2 atom stereocenters. The normalized spacial score (nSPS) is 16.1. The first-order valence-electron chi connectivity index (χ1n) is 9.52. The maximum atomic E-state index is 13.0. The number of esters is 1. The summed E-state index contributed by atoms with van der Waals surface area (Å²) in [4.78, 5) is 39.1. The number of benzene rings is 3. The Labute approximate surface area is 178 Å². The van der Waals surface area contributed by atoms with Gasteiger partial charge >= 0.3 is 5.97 Å². The van der Waals surface area contributed by atoms with Crippen molar-refractivity contribution in [1.82, 2.24) is 0 Å². The number of anilines is 1. The zero-order valence-corrected chi connectivity index (χ0v) is 16.8. The van der Waals surface area contributed by atoms with Crippen LogP contribution in [0.2, 0.25) is 0 Å². The van der Waals surface area contributed by atoms with E-state index in [4.69, 9.17) is 4.74 Å². The van der Waals surface area contributed by atoms with Crippen LogP contribution in [0.5, 0.6) is 0 Å². The summed E-state index contributed by atoms with van der Waals surface area (Å²) in [5.41, 5.74) is 1.78. The monoisotopic (exact) mass is 417 g/mol. The molecule has 0 aromatic heterocycles. The number of amides is 1. The van der Waals surface area contributed by atoms with E-state index >= 15 is 0 Å². The Morgan fingerprint density at radius 3 is 2.27 bits per heavy atom. The van der Waals surface area contributed by atoms with E-state index in [1.807, 2.05) is 36.4 Å². The van der Waals surface area contributed by atoms with Gasteiger partial charge in [-0.1, -0.05) is 72.8 Å². The highest BCUT2D eigenvalue weighted by Crippen LogP contribution is 2.37. The number of carbonyl (C=O) groups is 3. The first-order valence-corrected chi connectivity index (χ1v) is 10.4. The van der Waals surface area contributed by atoms with Crippen molar-refractivity contribution in [3.8, 4) is 0 Å². The van der Waals surface area contributed by atoms with Crippen LogP contribution in [0.25, 0.3) is 0 Å². The standard InChI is InChI=1S/C24H19NO4S/c26-21(15-20-24(28)25-18-13-7-8-14-19(18)30-20)29-23(17-11-5-2-6-12-17)22(27)16-9-3-1-4-10-16/h1-14,20,23H,15H2,(H,25,28)/t20-,23+/m1/s1. The molecule has 3 aromatic carbocycles. The molecule has 5 nitrogen and oxygen atoms in total. The van der Waals surface area contributed by atoms with Crippen LogP contribution in [0, 0.1) is 0 Å². The van der Waals surface area contributed by atoms with Gasteiger partial charge in [0.15, 0.2) is 6.10 Å². The van der Waals surface area contributed by atoms with Gasteiger partial charge in [0, 0.05) is 16.0 Å². The third-order valence-corrected chi connectivity index (χ3v) is 5.98. The van der Waals surface area contributed by atoms with Crippen molar-refractivity contribution in [1.29, 1.82) is 0 Å². The van der Waals surface area contributed by atoms with Crippen LogP contribution in [0.4, 0.5) is 5.69 Å². The topological polar surface area (TPSA) is 72.5 Å². The first kappa shape index (κ1) is 19.9. The molecule has 0 spiro atoms. The van der Waals surface area contributed by atoms with Crippen molar-refractivity contribution in [2.45, 2.75) is 22.7 Å². The largest absolute Gasteiger partial charge is 0.449 e. The van der Waals surface area contributed by atoms with Gasteiger partial charge in [0.05, 0.1) is 17.4 Å². The van der Waals surface area contributed by atoms with Crippen molar-refractivity contribution in [2.75, 3.05) is 5.32 Å². The van der Waals surface area contributed by atoms with Gasteiger partial charge in [0.2, 0.25) is 11.7 Å². The summed E-state index contributed by atoms with van der Waals surface area (Å²) in [5, 5.41) is 2.20. The number of ketones is 1. The fourth-order valence-corrected chi connectivity index (χ4v) is 4.31. The molecule has 1 heterocycles. The highest BCUT2D eigenvalue weighted by molar-refractivity contribution is 8.01. The molecule has 0 fully saturated rings. The predicted molar refractivity (Wildman–Crippen MR) is 115 cm³/mol. The maximum Gasteiger partial charge on any atom is 0.308 e. The second kappa shape index (κ2) is 8.97. The van der Waals surface area contributed by atoms with E-state index in [1.165, 1.54) is 11.8 Å². The number of thioether (sulfide) groups is 1. The van der Waals surface area contributed by atoms with Gasteiger partial charge in [-0.05, 0) is 12.1 Å². The zero-order valence-electron chi connectivity index (χ0n) is 16.0. The number of fused-ring (bicyclic) bond motifs is 1. The van der Waals surface area contributed by atoms with E-state index in [0.29, 0.717) is 11.1 Å². The minimum Gasteiger partial charge on any atom is -0.449 e. The average Bonchev–Trinajstić information content (AvgIpc) is 2.79. The summed E-state index contributed by atoms with van der Waals surface area (Å²) in [5.74, 6) is -1.15. The summed E-state index contributed by atoms with van der Waals surface area (Å²) in [6, 6.07) is 25.0. The summed E-state index contributed by atoms with van der Waals surface area (Å²) < 4.78 is 5.61. The lowest BCUT2D eigenvalue weighted by molar-refractivity contribution is -0.148. The van der Waals surface area contributed by atoms with Crippen LogP contribution >= 0.6 is 11.8 Å². The number of rotatable bonds is 6. The Morgan fingerprint density at radius 1 is 0.900 bits per heavy atom. The highest BCUT2D eigenvalue weighted by Gasteiger charge is 2.32. The molecular weight excluding hydrogens is 398 g/mol. The smallest absolute Gasteiger partial charge is 0.308 e. The van der Waals surface area contributed by atoms with E-state index in [0.717, 1.165) is 10.6 Å². The maximum absolute atomic E-state index is 13.0. The Bertz CT molecular complexity index is 1070. The zero-order chi connectivity index (χ0) is 20.9. The molecule has 1 aliphatic rings. The lowest BCUT2D eigenvalue weighted by Gasteiger charge is -2.24. The SMILES string of the molecule is O=C(C[C@H]1Sc2ccccc2NC1=O)O[C@H](C(=O)c1ccccc1)c1ccccc1. The van der Waals surface area contributed by atoms with Crippen molar-refractivity contribution in [3.63, 3.8) is 0 Å². The van der Waals surface area contributed by atoms with Gasteiger partial charge in [-0.2, -0.15) is 0 Å². The quantitative estimate of drug-likeness (QED) is 0.467. The third-order valence-electron chi connectivity index (χ3n) is 4.71. The molecule has 0 aliphatic carbocycles. The van der Waals surface area contributed by atoms with Crippen molar-refractivity contribution >= 4 is 35.1 Å². The Hall–Kier alpha value is -3.38. The second-order valence-electron chi connectivity index (χ2n) is 6.81. The number of nitrogens with one attached hydrogen (secondary N) is 1. The minimum atomic E-state index is -1.06. The summed E-state index contributed by atoms with van der Waals surface area (Å²) in [6.07, 6.45) is -1.19. The molecule has 3 aromatic rings. The predicted octanol–water partition coefficient (Wildman–Crippen LogP) is 4.66. The van der Waals surface area contributed by atoms with Gasteiger partial charge in [-0.15, -0.1) is 11.8 Å². The highest BCUT2D eigenvalue weighted by atomic mass is 32.2. The van der Waals surface area contributed by atoms with E-state index in [1.54, 1.807) is 48.5 Å². The van der Waals surface area contributed by atoms with E-state index in [-0.39, 0.29) is 18.1 Å². The first-order chi connectivity index (χ1) is 14.6. The molecule has 1 N–H and O–H groups in total. The Morgan fingerprint density at radius 2 is 1.53 bits per heavy atom. The number of ether oxygens (including phenoxy) is 1. The molecule has 0 saturated carbocycles. The number of para-hydroxylation sites is 1. The van der Waals surface area contributed by atoms with Crippen molar-refractivity contribution < 1.29 is 19.1 Å². The van der Waals surface area contributed by atoms with Crippen LogP contribution in [0.1, 0.15) is 28.4 Å². The molecule has 0 saturated heterocycles. The van der Waals surface area contributed by atoms with Crippen LogP contribution in [0.15, 0.2) is 89.8 Å². The number of carbonyl (C=O) groups excluding carboxylic acids is 3. The average molecular weight is 417 g/mol. The molecule has 0 radical (unpaired) electrons. The summed E-state index contributed by atoms with van der Waals surface area (Å²) in [7, 11) is 0. The summed E-state index contributed by atoms with van der Waals surface area (Å²) in [6.45, 7) is 0. The second-order valence-corrected chi connectivity index (χ2v) is 8.05. The lowest BCUT2D eigenvalue weighted by Crippen LogP contribution is -2.32. The molecule has 1 aliphatic heterocycles. The molecule has 6 heteroatoms. The molecule has 0 unspecified atom stereocenters. The Balaban J connectivity index is 1.51.